The van der Waals surface area contributed by atoms with Crippen molar-refractivity contribution >= 4 is 27.3 Å². The van der Waals surface area contributed by atoms with Crippen molar-refractivity contribution in [3.63, 3.8) is 0 Å². The molecule has 0 radical (unpaired) electrons. The van der Waals surface area contributed by atoms with E-state index in [2.05, 4.69) is 5.32 Å². The van der Waals surface area contributed by atoms with E-state index in [9.17, 15) is 26.4 Å². The molecule has 36 heavy (non-hydrogen) atoms. The summed E-state index contributed by atoms with van der Waals surface area (Å²) in [6.07, 6.45) is -5.16. The second kappa shape index (κ2) is 10.4. The highest BCUT2D eigenvalue weighted by Crippen LogP contribution is 2.36. The molecule has 1 amide bonds. The highest BCUT2D eigenvalue weighted by atomic mass is 32.2. The van der Waals surface area contributed by atoms with Gasteiger partial charge < -0.3 is 19.7 Å². The Morgan fingerprint density at radius 1 is 1.03 bits per heavy atom. The first kappa shape index (κ1) is 26.4. The van der Waals surface area contributed by atoms with Gasteiger partial charge in [-0.1, -0.05) is 6.07 Å². The first-order valence-electron chi connectivity index (χ1n) is 11.6. The number of nitrogens with zero attached hydrogens (tertiary/aromatic N) is 2. The van der Waals surface area contributed by atoms with Gasteiger partial charge in [0.1, 0.15) is 0 Å². The molecule has 12 heteroatoms. The summed E-state index contributed by atoms with van der Waals surface area (Å²) in [4.78, 5) is 14.9. The third-order valence-corrected chi connectivity index (χ3v) is 7.87. The summed E-state index contributed by atoms with van der Waals surface area (Å²) in [5.41, 5.74) is -0.474. The van der Waals surface area contributed by atoms with E-state index in [1.807, 2.05) is 4.90 Å². The lowest BCUT2D eigenvalue weighted by Crippen LogP contribution is -2.48. The van der Waals surface area contributed by atoms with Crippen molar-refractivity contribution < 1.29 is 35.9 Å². The van der Waals surface area contributed by atoms with E-state index in [0.717, 1.165) is 12.1 Å². The first-order valence-corrected chi connectivity index (χ1v) is 13.0. The molecule has 2 aromatic rings. The number of nitrogens with one attached hydrogen (secondary N) is 1. The van der Waals surface area contributed by atoms with Crippen LogP contribution >= 0.6 is 0 Å². The van der Waals surface area contributed by atoms with E-state index >= 15 is 0 Å². The van der Waals surface area contributed by atoms with Crippen LogP contribution in [0.25, 0.3) is 0 Å². The van der Waals surface area contributed by atoms with Crippen LogP contribution in [0.3, 0.4) is 0 Å². The van der Waals surface area contributed by atoms with Crippen LogP contribution in [0.1, 0.15) is 29.8 Å². The lowest BCUT2D eigenvalue weighted by molar-refractivity contribution is -0.137. The minimum absolute atomic E-state index is 0.00997. The van der Waals surface area contributed by atoms with Gasteiger partial charge in [-0.25, -0.2) is 8.42 Å². The summed E-state index contributed by atoms with van der Waals surface area (Å²) in [5, 5.41) is 2.56. The fraction of sp³-hybridized carbons (Fsp3) is 0.458. The van der Waals surface area contributed by atoms with Gasteiger partial charge >= 0.3 is 6.18 Å². The molecule has 0 aromatic heterocycles. The van der Waals surface area contributed by atoms with Gasteiger partial charge in [-0.05, 0) is 50.2 Å². The van der Waals surface area contributed by atoms with Gasteiger partial charge in [0, 0.05) is 31.7 Å². The number of halogens is 3. The number of sulfonamides is 1. The lowest BCUT2D eigenvalue weighted by atomic mass is 10.1. The molecule has 2 aliphatic rings. The predicted octanol–water partition coefficient (Wildman–Crippen LogP) is 3.59. The fourth-order valence-electron chi connectivity index (χ4n) is 4.36. The summed E-state index contributed by atoms with van der Waals surface area (Å²) in [7, 11) is -3.91. The second-order valence-electron chi connectivity index (χ2n) is 8.89. The molecule has 1 N–H and O–H groups in total. The number of benzene rings is 2. The van der Waals surface area contributed by atoms with Crippen molar-refractivity contribution in [1.82, 2.24) is 4.31 Å². The van der Waals surface area contributed by atoms with Crippen LogP contribution in [0.5, 0.6) is 0 Å². The predicted molar refractivity (Wildman–Crippen MR) is 128 cm³/mol. The summed E-state index contributed by atoms with van der Waals surface area (Å²) >= 11 is 0. The number of anilines is 2. The Balaban J connectivity index is 1.62. The van der Waals surface area contributed by atoms with E-state index in [4.69, 9.17) is 9.47 Å². The highest BCUT2D eigenvalue weighted by Gasteiger charge is 2.33. The molecular weight excluding hydrogens is 499 g/mol. The Hall–Kier alpha value is -2.67. The van der Waals surface area contributed by atoms with Gasteiger partial charge in [-0.2, -0.15) is 17.5 Å². The highest BCUT2D eigenvalue weighted by molar-refractivity contribution is 7.89. The van der Waals surface area contributed by atoms with Gasteiger partial charge in [-0.15, -0.1) is 0 Å². The van der Waals surface area contributed by atoms with Crippen LogP contribution in [0.2, 0.25) is 0 Å². The Morgan fingerprint density at radius 2 is 1.69 bits per heavy atom. The molecule has 4 rings (SSSR count). The molecule has 8 nitrogen and oxygen atoms in total. The maximum atomic E-state index is 13.4. The normalized spacial score (nSPS) is 21.9. The Kier molecular flexibility index (Phi) is 7.60. The van der Waals surface area contributed by atoms with E-state index < -0.39 is 27.7 Å². The van der Waals surface area contributed by atoms with Gasteiger partial charge in [0.2, 0.25) is 10.0 Å². The zero-order valence-corrected chi connectivity index (χ0v) is 20.7. The molecule has 0 spiro atoms. The zero-order chi connectivity index (χ0) is 26.1. The smallest absolute Gasteiger partial charge is 0.378 e. The topological polar surface area (TPSA) is 88.2 Å². The molecule has 0 aliphatic carbocycles. The van der Waals surface area contributed by atoms with Crippen LogP contribution in [-0.2, 0) is 25.7 Å². The van der Waals surface area contributed by atoms with Crippen molar-refractivity contribution in [2.24, 2.45) is 0 Å². The molecule has 196 valence electrons. The van der Waals surface area contributed by atoms with Crippen molar-refractivity contribution in [3.8, 4) is 0 Å². The quantitative estimate of drug-likeness (QED) is 0.640. The summed E-state index contributed by atoms with van der Waals surface area (Å²) in [5.74, 6) is -0.718. The molecular formula is C24H28F3N3O5S. The summed E-state index contributed by atoms with van der Waals surface area (Å²) < 4.78 is 78.9. The first-order chi connectivity index (χ1) is 16.9. The molecule has 2 heterocycles. The van der Waals surface area contributed by atoms with E-state index in [1.54, 1.807) is 13.8 Å². The number of carbonyl (C=O) groups is 1. The minimum atomic E-state index is -4.59. The molecule has 2 fully saturated rings. The maximum Gasteiger partial charge on any atom is 0.416 e. The van der Waals surface area contributed by atoms with Crippen molar-refractivity contribution in [2.75, 3.05) is 49.6 Å². The van der Waals surface area contributed by atoms with E-state index in [-0.39, 0.29) is 41.4 Å². The third kappa shape index (κ3) is 5.83. The fourth-order valence-corrected chi connectivity index (χ4v) is 6.00. The molecule has 2 atom stereocenters. The summed E-state index contributed by atoms with van der Waals surface area (Å²) in [6.45, 7) is 5.65. The molecule has 2 aliphatic heterocycles. The Labute approximate surface area is 208 Å². The lowest BCUT2D eigenvalue weighted by Gasteiger charge is -2.34. The average molecular weight is 528 g/mol. The zero-order valence-electron chi connectivity index (χ0n) is 19.9. The number of hydrogen-bond donors (Lipinski definition) is 1. The largest absolute Gasteiger partial charge is 0.416 e. The number of ether oxygens (including phenoxy) is 2. The molecule has 2 aromatic carbocycles. The maximum absolute atomic E-state index is 13.4. The number of amides is 1. The SMILES string of the molecule is C[C@@H]1CN(S(=O)(=O)c2cccc(C(=O)Nc3cc(C(F)(F)F)ccc3N3CCOCC3)c2)C[C@@H](C)O1. The number of hydrogen-bond acceptors (Lipinski definition) is 6. The standard InChI is InChI=1S/C24H28F3N3O5S/c1-16-14-30(15-17(2)35-16)36(32,33)20-5-3-4-18(12-20)23(31)28-21-13-19(24(25,26)27)6-7-22(21)29-8-10-34-11-9-29/h3-7,12-13,16-17H,8-11,14-15H2,1-2H3,(H,28,31)/t16-,17-/m1/s1. The van der Waals surface area contributed by atoms with Crippen molar-refractivity contribution in [2.45, 2.75) is 37.1 Å². The number of alkyl halides is 3. The second-order valence-corrected chi connectivity index (χ2v) is 10.8. The molecule has 0 saturated carbocycles. The molecule has 2 saturated heterocycles. The van der Waals surface area contributed by atoms with Gasteiger partial charge in [0.15, 0.2) is 0 Å². The number of carbonyl (C=O) groups excluding carboxylic acids is 1. The van der Waals surface area contributed by atoms with E-state index in [1.165, 1.54) is 34.6 Å². The van der Waals surface area contributed by atoms with Crippen LogP contribution in [0.4, 0.5) is 24.5 Å². The van der Waals surface area contributed by atoms with Crippen molar-refractivity contribution in [3.05, 3.63) is 53.6 Å². The van der Waals surface area contributed by atoms with Gasteiger partial charge in [0.25, 0.3) is 5.91 Å². The average Bonchev–Trinajstić information content (AvgIpc) is 2.83. The molecule has 0 bridgehead atoms. The van der Waals surface area contributed by atoms with Crippen molar-refractivity contribution in [1.29, 1.82) is 0 Å². The Morgan fingerprint density at radius 3 is 2.33 bits per heavy atom. The number of rotatable bonds is 5. The van der Waals surface area contributed by atoms with Gasteiger partial charge in [0.05, 0.1) is 47.3 Å². The van der Waals surface area contributed by atoms with Crippen LogP contribution in [0, 0.1) is 0 Å². The number of morpholine rings is 2. The van der Waals surface area contributed by atoms with Gasteiger partial charge in [-0.3, -0.25) is 4.79 Å². The van der Waals surface area contributed by atoms with Crippen LogP contribution in [0.15, 0.2) is 47.4 Å². The van der Waals surface area contributed by atoms with Crippen LogP contribution < -0.4 is 10.2 Å². The summed E-state index contributed by atoms with van der Waals surface area (Å²) in [6, 6.07) is 8.66. The Bertz CT molecular complexity index is 1210. The monoisotopic (exact) mass is 527 g/mol. The third-order valence-electron chi connectivity index (χ3n) is 6.04. The van der Waals surface area contributed by atoms with Crippen LogP contribution in [-0.4, -0.2) is 70.2 Å². The van der Waals surface area contributed by atoms with E-state index in [0.29, 0.717) is 32.0 Å². The molecule has 0 unspecified atom stereocenters. The minimum Gasteiger partial charge on any atom is -0.378 e.